The predicted octanol–water partition coefficient (Wildman–Crippen LogP) is 1.30. The Hall–Kier alpha value is -1.73. The third-order valence-corrected chi connectivity index (χ3v) is 5.22. The Morgan fingerprint density at radius 3 is 2.40 bits per heavy atom. The molecule has 2 aliphatic heterocycles. The van der Waals surface area contributed by atoms with E-state index in [0.717, 1.165) is 70.6 Å². The van der Waals surface area contributed by atoms with Gasteiger partial charge in [-0.3, -0.25) is 9.69 Å². The summed E-state index contributed by atoms with van der Waals surface area (Å²) in [7, 11) is 0. The lowest BCUT2D eigenvalue weighted by Gasteiger charge is -2.37. The number of carbonyl (C=O) groups is 1. The van der Waals surface area contributed by atoms with Crippen molar-refractivity contribution in [3.8, 4) is 0 Å². The first-order valence-electron chi connectivity index (χ1n) is 9.35. The summed E-state index contributed by atoms with van der Waals surface area (Å²) in [5, 5.41) is 0. The number of nitrogens with two attached hydrogens (primary N) is 1. The van der Waals surface area contributed by atoms with Crippen LogP contribution in [-0.2, 0) is 16.1 Å². The molecule has 0 saturated carbocycles. The molecular weight excluding hydrogens is 318 g/mol. The van der Waals surface area contributed by atoms with Crippen molar-refractivity contribution in [3.05, 3.63) is 18.0 Å². The summed E-state index contributed by atoms with van der Waals surface area (Å²) in [5.74, 6) is 0.814. The number of carbonyl (C=O) groups excluding carboxylic acids is 1. The van der Waals surface area contributed by atoms with E-state index < -0.39 is 0 Å². The van der Waals surface area contributed by atoms with Gasteiger partial charge < -0.3 is 15.4 Å². The third kappa shape index (κ3) is 4.89. The van der Waals surface area contributed by atoms with Crippen molar-refractivity contribution in [2.24, 2.45) is 5.92 Å². The zero-order chi connectivity index (χ0) is 17.6. The van der Waals surface area contributed by atoms with E-state index in [1.54, 1.807) is 12.4 Å². The second-order valence-electron chi connectivity index (χ2n) is 6.98. The zero-order valence-electron chi connectivity index (χ0n) is 15.1. The molecule has 138 valence electrons. The molecule has 2 N–H and O–H groups in total. The van der Waals surface area contributed by atoms with Crippen LogP contribution in [-0.4, -0.2) is 64.6 Å². The van der Waals surface area contributed by atoms with Gasteiger partial charge in [-0.1, -0.05) is 0 Å². The first-order chi connectivity index (χ1) is 12.2. The minimum Gasteiger partial charge on any atom is -0.378 e. The number of nitrogen functional groups attached to an aromatic ring is 1. The highest BCUT2D eigenvalue weighted by Crippen LogP contribution is 2.23. The number of aromatic nitrogens is 2. The summed E-state index contributed by atoms with van der Waals surface area (Å²) in [6, 6.07) is 0. The highest BCUT2D eigenvalue weighted by Gasteiger charge is 2.31. The van der Waals surface area contributed by atoms with Gasteiger partial charge in [-0.25, -0.2) is 9.97 Å². The smallest absolute Gasteiger partial charge is 0.225 e. The van der Waals surface area contributed by atoms with Gasteiger partial charge in [0.25, 0.3) is 0 Å². The molecule has 1 amide bonds. The summed E-state index contributed by atoms with van der Waals surface area (Å²) >= 11 is 0. The summed E-state index contributed by atoms with van der Waals surface area (Å²) in [6.45, 7) is 7.17. The van der Waals surface area contributed by atoms with Gasteiger partial charge in [-0.05, 0) is 45.7 Å². The topological polar surface area (TPSA) is 84.6 Å². The predicted molar refractivity (Wildman–Crippen MR) is 95.7 cm³/mol. The van der Waals surface area contributed by atoms with Gasteiger partial charge >= 0.3 is 0 Å². The van der Waals surface area contributed by atoms with Gasteiger partial charge in [0.05, 0.1) is 6.10 Å². The summed E-state index contributed by atoms with van der Waals surface area (Å²) in [4.78, 5) is 25.2. The molecule has 1 aromatic rings. The van der Waals surface area contributed by atoms with Crippen LogP contribution in [0.25, 0.3) is 0 Å². The van der Waals surface area contributed by atoms with E-state index in [4.69, 9.17) is 10.5 Å². The lowest BCUT2D eigenvalue weighted by Crippen LogP contribution is -2.46. The fraction of sp³-hybridized carbons (Fsp3) is 0.722. The normalized spacial score (nSPS) is 20.8. The van der Waals surface area contributed by atoms with Crippen LogP contribution in [0.5, 0.6) is 0 Å². The summed E-state index contributed by atoms with van der Waals surface area (Å²) in [5.41, 5.74) is 6.59. The van der Waals surface area contributed by atoms with E-state index >= 15 is 0 Å². The SMILES string of the molecule is CCOC1CCN(C(=O)C2CCN(Cc3cnc(N)nc3)CC2)CC1. The second kappa shape index (κ2) is 8.58. The van der Waals surface area contributed by atoms with Gasteiger partial charge in [0.1, 0.15) is 0 Å². The fourth-order valence-corrected chi connectivity index (χ4v) is 3.78. The molecule has 2 fully saturated rings. The maximum Gasteiger partial charge on any atom is 0.225 e. The Kier molecular flexibility index (Phi) is 6.20. The van der Waals surface area contributed by atoms with Crippen LogP contribution in [0.3, 0.4) is 0 Å². The van der Waals surface area contributed by atoms with E-state index in [1.165, 1.54) is 0 Å². The number of hydrogen-bond acceptors (Lipinski definition) is 6. The van der Waals surface area contributed by atoms with Crippen LogP contribution in [0, 0.1) is 5.92 Å². The van der Waals surface area contributed by atoms with Crippen molar-refractivity contribution in [2.75, 3.05) is 38.5 Å². The zero-order valence-corrected chi connectivity index (χ0v) is 15.1. The number of ether oxygens (including phenoxy) is 1. The van der Waals surface area contributed by atoms with E-state index in [-0.39, 0.29) is 5.92 Å². The number of nitrogens with zero attached hydrogens (tertiary/aromatic N) is 4. The number of amides is 1. The van der Waals surface area contributed by atoms with Crippen LogP contribution in [0.1, 0.15) is 38.2 Å². The minimum atomic E-state index is 0.169. The van der Waals surface area contributed by atoms with E-state index in [0.29, 0.717) is 18.0 Å². The van der Waals surface area contributed by atoms with Crippen LogP contribution < -0.4 is 5.73 Å². The molecule has 0 aliphatic carbocycles. The van der Waals surface area contributed by atoms with E-state index in [9.17, 15) is 4.79 Å². The Balaban J connectivity index is 1.42. The molecule has 2 saturated heterocycles. The molecule has 0 aromatic carbocycles. The molecule has 0 bridgehead atoms. The molecule has 7 heteroatoms. The number of likely N-dealkylation sites (tertiary alicyclic amines) is 2. The Bertz CT molecular complexity index is 549. The Labute approximate surface area is 149 Å². The average Bonchev–Trinajstić information content (AvgIpc) is 2.65. The molecule has 25 heavy (non-hydrogen) atoms. The van der Waals surface area contributed by atoms with Crippen molar-refractivity contribution in [1.82, 2.24) is 19.8 Å². The Morgan fingerprint density at radius 2 is 1.80 bits per heavy atom. The molecule has 0 atom stereocenters. The summed E-state index contributed by atoms with van der Waals surface area (Å²) in [6.07, 6.45) is 7.69. The molecule has 3 heterocycles. The van der Waals surface area contributed by atoms with Crippen molar-refractivity contribution < 1.29 is 9.53 Å². The van der Waals surface area contributed by atoms with Crippen molar-refractivity contribution in [3.63, 3.8) is 0 Å². The largest absolute Gasteiger partial charge is 0.378 e. The standard InChI is InChI=1S/C18H29N5O2/c1-2-25-16-5-9-23(10-6-16)17(24)15-3-7-22(8-4-15)13-14-11-20-18(19)21-12-14/h11-12,15-16H,2-10,13H2,1H3,(H2,19,20,21). The number of rotatable bonds is 5. The van der Waals surface area contributed by atoms with Gasteiger partial charge in [0.15, 0.2) is 0 Å². The molecule has 0 spiro atoms. The average molecular weight is 347 g/mol. The van der Waals surface area contributed by atoms with Crippen LogP contribution in [0.2, 0.25) is 0 Å². The van der Waals surface area contributed by atoms with E-state index in [1.807, 2.05) is 11.8 Å². The Morgan fingerprint density at radius 1 is 1.16 bits per heavy atom. The third-order valence-electron chi connectivity index (χ3n) is 5.22. The molecule has 1 aromatic heterocycles. The second-order valence-corrected chi connectivity index (χ2v) is 6.98. The van der Waals surface area contributed by atoms with Crippen molar-refractivity contribution in [1.29, 1.82) is 0 Å². The highest BCUT2D eigenvalue weighted by atomic mass is 16.5. The maximum atomic E-state index is 12.8. The molecule has 0 unspecified atom stereocenters. The van der Waals surface area contributed by atoms with Crippen molar-refractivity contribution in [2.45, 2.75) is 45.3 Å². The summed E-state index contributed by atoms with van der Waals surface area (Å²) < 4.78 is 5.67. The minimum absolute atomic E-state index is 0.169. The van der Waals surface area contributed by atoms with Crippen LogP contribution >= 0.6 is 0 Å². The fourth-order valence-electron chi connectivity index (χ4n) is 3.78. The lowest BCUT2D eigenvalue weighted by atomic mass is 9.94. The lowest BCUT2D eigenvalue weighted by molar-refractivity contribution is -0.139. The number of piperidine rings is 2. The van der Waals surface area contributed by atoms with Gasteiger partial charge in [-0.2, -0.15) is 0 Å². The first-order valence-corrected chi connectivity index (χ1v) is 9.35. The van der Waals surface area contributed by atoms with Gasteiger partial charge in [0.2, 0.25) is 11.9 Å². The van der Waals surface area contributed by atoms with Crippen LogP contribution in [0.4, 0.5) is 5.95 Å². The van der Waals surface area contributed by atoms with Gasteiger partial charge in [0, 0.05) is 50.1 Å². The molecule has 7 nitrogen and oxygen atoms in total. The molecule has 0 radical (unpaired) electrons. The first kappa shape index (κ1) is 18.1. The van der Waals surface area contributed by atoms with Crippen molar-refractivity contribution >= 4 is 11.9 Å². The highest BCUT2D eigenvalue weighted by molar-refractivity contribution is 5.79. The number of anilines is 1. The van der Waals surface area contributed by atoms with E-state index in [2.05, 4.69) is 14.9 Å². The molecular formula is C18H29N5O2. The molecule has 3 rings (SSSR count). The van der Waals surface area contributed by atoms with Gasteiger partial charge in [-0.15, -0.1) is 0 Å². The monoisotopic (exact) mass is 347 g/mol. The van der Waals surface area contributed by atoms with Crippen LogP contribution in [0.15, 0.2) is 12.4 Å². The maximum absolute atomic E-state index is 12.8. The quantitative estimate of drug-likeness (QED) is 0.864. The molecule has 2 aliphatic rings. The number of hydrogen-bond donors (Lipinski definition) is 1.